The zero-order chi connectivity index (χ0) is 14.7. The van der Waals surface area contributed by atoms with Crippen LogP contribution >= 0.6 is 0 Å². The molecule has 1 heterocycles. The predicted octanol–water partition coefficient (Wildman–Crippen LogP) is 0.282. The molecule has 0 radical (unpaired) electrons. The van der Waals surface area contributed by atoms with Crippen LogP contribution in [0.1, 0.15) is 19.8 Å². The number of benzene rings is 1. The number of fused-ring (bicyclic) bond motifs is 1. The lowest BCUT2D eigenvalue weighted by Crippen LogP contribution is -2.35. The number of carbonyl (C=O) groups excluding carboxylic acids is 1. The fourth-order valence-corrected chi connectivity index (χ4v) is 1.87. The molecule has 1 atom stereocenters. The normalized spacial score (nSPS) is 12.3. The van der Waals surface area contributed by atoms with Gasteiger partial charge >= 0.3 is 11.1 Å². The Morgan fingerprint density at radius 1 is 1.25 bits per heavy atom. The molecule has 0 fully saturated rings. The summed E-state index contributed by atoms with van der Waals surface area (Å²) in [5, 5.41) is 2.67. The Morgan fingerprint density at radius 3 is 2.55 bits per heavy atom. The van der Waals surface area contributed by atoms with Crippen molar-refractivity contribution in [1.29, 1.82) is 0 Å². The van der Waals surface area contributed by atoms with Crippen LogP contribution in [0.15, 0.2) is 27.8 Å². The van der Waals surface area contributed by atoms with E-state index in [0.717, 1.165) is 6.42 Å². The molecule has 2 rings (SSSR count). The van der Waals surface area contributed by atoms with Gasteiger partial charge in [0.05, 0.1) is 17.1 Å². The van der Waals surface area contributed by atoms with Gasteiger partial charge in [0, 0.05) is 5.69 Å². The number of H-pyrrole nitrogens is 2. The Hall–Kier alpha value is -2.41. The minimum Gasteiger partial charge on any atom is -0.325 e. The fourth-order valence-electron chi connectivity index (χ4n) is 1.87. The molecule has 0 saturated carbocycles. The van der Waals surface area contributed by atoms with Crippen LogP contribution in [0.25, 0.3) is 11.0 Å². The maximum Gasteiger partial charge on any atom is 0.314 e. The molecule has 0 spiro atoms. The molecule has 0 aliphatic rings. The van der Waals surface area contributed by atoms with Crippen LogP contribution in [0.2, 0.25) is 0 Å². The quantitative estimate of drug-likeness (QED) is 0.599. The van der Waals surface area contributed by atoms with Gasteiger partial charge in [-0.1, -0.05) is 13.3 Å². The Bertz CT molecular complexity index is 747. The van der Waals surface area contributed by atoms with E-state index >= 15 is 0 Å². The molecular weight excluding hydrogens is 260 g/mol. The van der Waals surface area contributed by atoms with E-state index in [4.69, 9.17) is 5.73 Å². The first-order valence-corrected chi connectivity index (χ1v) is 6.34. The Morgan fingerprint density at radius 2 is 1.90 bits per heavy atom. The minimum absolute atomic E-state index is 0.280. The summed E-state index contributed by atoms with van der Waals surface area (Å²) in [4.78, 5) is 39.1. The zero-order valence-electron chi connectivity index (χ0n) is 11.0. The van der Waals surface area contributed by atoms with E-state index in [1.54, 1.807) is 18.2 Å². The van der Waals surface area contributed by atoms with E-state index < -0.39 is 17.2 Å². The highest BCUT2D eigenvalue weighted by atomic mass is 16.2. The largest absolute Gasteiger partial charge is 0.325 e. The van der Waals surface area contributed by atoms with Crippen LogP contribution < -0.4 is 22.2 Å². The summed E-state index contributed by atoms with van der Waals surface area (Å²) in [6.07, 6.45) is 1.42. The molecule has 7 nitrogen and oxygen atoms in total. The summed E-state index contributed by atoms with van der Waals surface area (Å²) in [6.45, 7) is 1.95. The highest BCUT2D eigenvalue weighted by molar-refractivity contribution is 5.96. The van der Waals surface area contributed by atoms with Crippen molar-refractivity contribution in [2.24, 2.45) is 5.73 Å². The molecule has 20 heavy (non-hydrogen) atoms. The number of carbonyl (C=O) groups is 1. The topological polar surface area (TPSA) is 121 Å². The monoisotopic (exact) mass is 276 g/mol. The van der Waals surface area contributed by atoms with Gasteiger partial charge in [-0.05, 0) is 24.6 Å². The number of nitrogens with two attached hydrogens (primary N) is 1. The molecule has 0 aliphatic heterocycles. The Balaban J connectivity index is 2.28. The maximum absolute atomic E-state index is 11.8. The third kappa shape index (κ3) is 2.94. The zero-order valence-corrected chi connectivity index (χ0v) is 11.0. The van der Waals surface area contributed by atoms with Crippen molar-refractivity contribution >= 4 is 22.6 Å². The van der Waals surface area contributed by atoms with E-state index in [-0.39, 0.29) is 5.91 Å². The molecule has 7 heteroatoms. The van der Waals surface area contributed by atoms with Crippen molar-refractivity contribution in [3.8, 4) is 0 Å². The third-order valence-corrected chi connectivity index (χ3v) is 2.93. The summed E-state index contributed by atoms with van der Waals surface area (Å²) >= 11 is 0. The van der Waals surface area contributed by atoms with Crippen LogP contribution in [-0.2, 0) is 4.79 Å². The lowest BCUT2D eigenvalue weighted by atomic mass is 10.1. The van der Waals surface area contributed by atoms with Crippen LogP contribution in [0, 0.1) is 0 Å². The van der Waals surface area contributed by atoms with Crippen LogP contribution in [0.5, 0.6) is 0 Å². The van der Waals surface area contributed by atoms with Gasteiger partial charge in [0.25, 0.3) is 0 Å². The molecule has 2 aromatic rings. The van der Waals surface area contributed by atoms with E-state index in [2.05, 4.69) is 15.3 Å². The number of nitrogens with one attached hydrogen (secondary N) is 3. The summed E-state index contributed by atoms with van der Waals surface area (Å²) in [5.41, 5.74) is 5.72. The summed E-state index contributed by atoms with van der Waals surface area (Å²) in [6, 6.07) is 4.25. The summed E-state index contributed by atoms with van der Waals surface area (Å²) < 4.78 is 0. The maximum atomic E-state index is 11.8. The standard InChI is InChI=1S/C13H16N4O3/c1-2-3-8(14)11(18)15-7-4-5-9-10(6-7)17-13(20)12(19)16-9/h4-6,8H,2-3,14H2,1H3,(H,15,18)(H,16,19)(H,17,20)/t8-/m0/s1. The molecule has 1 amide bonds. The molecule has 0 bridgehead atoms. The number of hydrogen-bond acceptors (Lipinski definition) is 4. The molecule has 106 valence electrons. The molecule has 1 aromatic heterocycles. The predicted molar refractivity (Wildman–Crippen MR) is 76.7 cm³/mol. The third-order valence-electron chi connectivity index (χ3n) is 2.93. The molecular formula is C13H16N4O3. The van der Waals surface area contributed by atoms with E-state index in [9.17, 15) is 14.4 Å². The number of rotatable bonds is 4. The fraction of sp³-hybridized carbons (Fsp3) is 0.308. The van der Waals surface area contributed by atoms with Gasteiger partial charge < -0.3 is 21.0 Å². The van der Waals surface area contributed by atoms with E-state index in [1.807, 2.05) is 6.92 Å². The van der Waals surface area contributed by atoms with Crippen LogP contribution in [-0.4, -0.2) is 21.9 Å². The van der Waals surface area contributed by atoms with Gasteiger partial charge in [0.1, 0.15) is 0 Å². The van der Waals surface area contributed by atoms with Crippen molar-refractivity contribution in [1.82, 2.24) is 9.97 Å². The van der Waals surface area contributed by atoms with Crippen LogP contribution in [0.4, 0.5) is 5.69 Å². The number of anilines is 1. The summed E-state index contributed by atoms with van der Waals surface area (Å²) in [7, 11) is 0. The van der Waals surface area contributed by atoms with Crippen molar-refractivity contribution in [2.45, 2.75) is 25.8 Å². The molecule has 0 unspecified atom stereocenters. The average molecular weight is 276 g/mol. The lowest BCUT2D eigenvalue weighted by Gasteiger charge is -2.11. The molecule has 1 aromatic carbocycles. The second-order valence-electron chi connectivity index (χ2n) is 4.55. The molecule has 0 saturated heterocycles. The Kier molecular flexibility index (Phi) is 3.99. The smallest absolute Gasteiger partial charge is 0.314 e. The average Bonchev–Trinajstić information content (AvgIpc) is 2.40. The Labute approximate surface area is 114 Å². The first kappa shape index (κ1) is 14.0. The summed E-state index contributed by atoms with van der Waals surface area (Å²) in [5.74, 6) is -0.280. The van der Waals surface area contributed by atoms with Crippen LogP contribution in [0.3, 0.4) is 0 Å². The molecule has 5 N–H and O–H groups in total. The van der Waals surface area contributed by atoms with Crippen molar-refractivity contribution in [3.63, 3.8) is 0 Å². The van der Waals surface area contributed by atoms with Gasteiger partial charge in [-0.2, -0.15) is 0 Å². The van der Waals surface area contributed by atoms with Gasteiger partial charge in [-0.25, -0.2) is 0 Å². The van der Waals surface area contributed by atoms with Gasteiger partial charge in [0.2, 0.25) is 5.91 Å². The van der Waals surface area contributed by atoms with Gasteiger partial charge in [-0.15, -0.1) is 0 Å². The highest BCUT2D eigenvalue weighted by Crippen LogP contribution is 2.14. The van der Waals surface area contributed by atoms with Crippen molar-refractivity contribution in [3.05, 3.63) is 38.9 Å². The van der Waals surface area contributed by atoms with Gasteiger partial charge in [0.15, 0.2) is 0 Å². The first-order valence-electron chi connectivity index (χ1n) is 6.34. The second-order valence-corrected chi connectivity index (χ2v) is 4.55. The highest BCUT2D eigenvalue weighted by Gasteiger charge is 2.12. The molecule has 0 aliphatic carbocycles. The second kappa shape index (κ2) is 5.70. The minimum atomic E-state index is -0.733. The van der Waals surface area contributed by atoms with Crippen molar-refractivity contribution < 1.29 is 4.79 Å². The number of hydrogen-bond donors (Lipinski definition) is 4. The number of amides is 1. The number of aromatic amines is 2. The first-order chi connectivity index (χ1) is 9.51. The van der Waals surface area contributed by atoms with Crippen molar-refractivity contribution in [2.75, 3.05) is 5.32 Å². The SMILES string of the molecule is CCC[C@H](N)C(=O)Nc1ccc2[nH]c(=O)c(=O)[nH]c2c1. The van der Waals surface area contributed by atoms with E-state index in [1.165, 1.54) is 0 Å². The van der Waals surface area contributed by atoms with E-state index in [0.29, 0.717) is 23.1 Å². The number of aromatic nitrogens is 2. The van der Waals surface area contributed by atoms with Gasteiger partial charge in [-0.3, -0.25) is 14.4 Å². The lowest BCUT2D eigenvalue weighted by molar-refractivity contribution is -0.117.